The van der Waals surface area contributed by atoms with Crippen LogP contribution in [0.15, 0.2) is 67.1 Å². The molecule has 3 heterocycles. The molecule has 0 radical (unpaired) electrons. The Morgan fingerprint density at radius 1 is 0.926 bits per heavy atom. The van der Waals surface area contributed by atoms with Gasteiger partial charge in [-0.15, -0.1) is 0 Å². The van der Waals surface area contributed by atoms with Gasteiger partial charge in [0, 0.05) is 36.3 Å². The van der Waals surface area contributed by atoms with E-state index < -0.39 is 6.10 Å². The van der Waals surface area contributed by atoms with Crippen molar-refractivity contribution in [3.05, 3.63) is 78.4 Å². The lowest BCUT2D eigenvalue weighted by Gasteiger charge is -2.33. The van der Waals surface area contributed by atoms with E-state index in [1.54, 1.807) is 6.20 Å². The minimum Gasteiger partial charge on any atom is -0.387 e. The third kappa shape index (κ3) is 4.38. The average molecular weight is 360 g/mol. The second-order valence-corrected chi connectivity index (χ2v) is 7.09. The van der Waals surface area contributed by atoms with E-state index in [0.717, 1.165) is 55.1 Å². The van der Waals surface area contributed by atoms with E-state index in [1.807, 2.05) is 60.9 Å². The predicted octanol–water partition coefficient (Wildman–Crippen LogP) is 3.48. The Kier molecular flexibility index (Phi) is 5.51. The van der Waals surface area contributed by atoms with Crippen LogP contribution >= 0.6 is 0 Å². The summed E-state index contributed by atoms with van der Waals surface area (Å²) in [5.74, 6) is 1.03. The Morgan fingerprint density at radius 2 is 1.63 bits per heavy atom. The third-order valence-electron chi connectivity index (χ3n) is 5.21. The standard InChI is InChI=1S/C22H24N4O/c27-21(20-8-4-5-11-23-20)18-9-12-26(13-10-18)16-17-14-24-22(25-15-17)19-6-2-1-3-7-19/h1-8,11,14-15,18,21,27H,9-10,12-13,16H2/t21-/m1/s1. The molecule has 3 aromatic rings. The van der Waals surface area contributed by atoms with Crippen molar-refractivity contribution >= 4 is 0 Å². The van der Waals surface area contributed by atoms with Crippen LogP contribution in [0, 0.1) is 5.92 Å². The molecule has 1 saturated heterocycles. The van der Waals surface area contributed by atoms with Gasteiger partial charge in [-0.1, -0.05) is 36.4 Å². The van der Waals surface area contributed by atoms with E-state index in [-0.39, 0.29) is 5.92 Å². The van der Waals surface area contributed by atoms with Crippen LogP contribution in [0.5, 0.6) is 0 Å². The number of hydrogen-bond donors (Lipinski definition) is 1. The number of rotatable bonds is 5. The van der Waals surface area contributed by atoms with Crippen LogP contribution in [0.3, 0.4) is 0 Å². The number of benzene rings is 1. The van der Waals surface area contributed by atoms with Gasteiger partial charge in [0.1, 0.15) is 0 Å². The lowest BCUT2D eigenvalue weighted by molar-refractivity contribution is 0.0539. The van der Waals surface area contributed by atoms with Crippen molar-refractivity contribution in [1.82, 2.24) is 19.9 Å². The molecular weight excluding hydrogens is 336 g/mol. The number of likely N-dealkylation sites (tertiary alicyclic amines) is 1. The summed E-state index contributed by atoms with van der Waals surface area (Å²) >= 11 is 0. The summed E-state index contributed by atoms with van der Waals surface area (Å²) in [4.78, 5) is 15.7. The highest BCUT2D eigenvalue weighted by Gasteiger charge is 2.26. The van der Waals surface area contributed by atoms with Gasteiger partial charge < -0.3 is 5.11 Å². The maximum atomic E-state index is 10.6. The molecule has 1 N–H and O–H groups in total. The third-order valence-corrected chi connectivity index (χ3v) is 5.21. The van der Waals surface area contributed by atoms with Crippen molar-refractivity contribution in [2.75, 3.05) is 13.1 Å². The summed E-state index contributed by atoms with van der Waals surface area (Å²) in [6.07, 6.45) is 7.06. The molecule has 5 nitrogen and oxygen atoms in total. The molecule has 1 aromatic carbocycles. The minimum atomic E-state index is -0.471. The van der Waals surface area contributed by atoms with E-state index in [1.165, 1.54) is 0 Å². The molecule has 138 valence electrons. The van der Waals surface area contributed by atoms with Crippen LogP contribution in [0.25, 0.3) is 11.4 Å². The lowest BCUT2D eigenvalue weighted by Crippen LogP contribution is -2.35. The number of pyridine rings is 1. The van der Waals surface area contributed by atoms with Crippen molar-refractivity contribution in [3.8, 4) is 11.4 Å². The molecule has 27 heavy (non-hydrogen) atoms. The molecule has 1 fully saturated rings. The number of nitrogens with zero attached hydrogens (tertiary/aromatic N) is 4. The van der Waals surface area contributed by atoms with Crippen molar-refractivity contribution in [2.45, 2.75) is 25.5 Å². The maximum Gasteiger partial charge on any atom is 0.159 e. The molecule has 5 heteroatoms. The molecular formula is C22H24N4O. The largest absolute Gasteiger partial charge is 0.387 e. The zero-order valence-corrected chi connectivity index (χ0v) is 15.3. The second-order valence-electron chi connectivity index (χ2n) is 7.09. The van der Waals surface area contributed by atoms with E-state index >= 15 is 0 Å². The van der Waals surface area contributed by atoms with Crippen molar-refractivity contribution in [1.29, 1.82) is 0 Å². The number of aliphatic hydroxyl groups excluding tert-OH is 1. The summed E-state index contributed by atoms with van der Waals surface area (Å²) in [5.41, 5.74) is 2.94. The Bertz CT molecular complexity index is 831. The molecule has 1 atom stereocenters. The number of aliphatic hydroxyl groups is 1. The predicted molar refractivity (Wildman–Crippen MR) is 105 cm³/mol. The first-order valence-corrected chi connectivity index (χ1v) is 9.47. The quantitative estimate of drug-likeness (QED) is 0.755. The Balaban J connectivity index is 1.31. The number of aromatic nitrogens is 3. The van der Waals surface area contributed by atoms with Crippen LogP contribution in [0.2, 0.25) is 0 Å². The van der Waals surface area contributed by atoms with Gasteiger partial charge in [-0.25, -0.2) is 9.97 Å². The smallest absolute Gasteiger partial charge is 0.159 e. The van der Waals surface area contributed by atoms with Crippen molar-refractivity contribution in [3.63, 3.8) is 0 Å². The van der Waals surface area contributed by atoms with Crippen LogP contribution in [-0.4, -0.2) is 38.0 Å². The molecule has 1 aliphatic heterocycles. The second kappa shape index (κ2) is 8.37. The van der Waals surface area contributed by atoms with E-state index in [9.17, 15) is 5.11 Å². The van der Waals surface area contributed by atoms with Gasteiger partial charge >= 0.3 is 0 Å². The molecule has 0 spiro atoms. The van der Waals surface area contributed by atoms with Gasteiger partial charge in [-0.2, -0.15) is 0 Å². The normalized spacial score (nSPS) is 16.9. The molecule has 0 unspecified atom stereocenters. The topological polar surface area (TPSA) is 62.1 Å². The number of hydrogen-bond acceptors (Lipinski definition) is 5. The van der Waals surface area contributed by atoms with Gasteiger partial charge in [0.05, 0.1) is 11.8 Å². The molecule has 0 saturated carbocycles. The van der Waals surface area contributed by atoms with E-state index in [4.69, 9.17) is 0 Å². The fraction of sp³-hybridized carbons (Fsp3) is 0.318. The monoisotopic (exact) mass is 360 g/mol. The van der Waals surface area contributed by atoms with E-state index in [0.29, 0.717) is 0 Å². The molecule has 0 amide bonds. The van der Waals surface area contributed by atoms with Gasteiger partial charge in [-0.3, -0.25) is 9.88 Å². The Labute approximate surface area is 159 Å². The van der Waals surface area contributed by atoms with Crippen molar-refractivity contribution in [2.24, 2.45) is 5.92 Å². The summed E-state index contributed by atoms with van der Waals surface area (Å²) in [7, 11) is 0. The van der Waals surface area contributed by atoms with Crippen LogP contribution in [0.4, 0.5) is 0 Å². The molecule has 0 aliphatic carbocycles. The minimum absolute atomic E-state index is 0.271. The van der Waals surface area contributed by atoms with E-state index in [2.05, 4.69) is 19.9 Å². The summed E-state index contributed by atoms with van der Waals surface area (Å²) in [5, 5.41) is 10.6. The number of piperidine rings is 1. The van der Waals surface area contributed by atoms with Gasteiger partial charge in [0.25, 0.3) is 0 Å². The van der Waals surface area contributed by atoms with Crippen LogP contribution in [-0.2, 0) is 6.54 Å². The molecule has 1 aliphatic rings. The van der Waals surface area contributed by atoms with Crippen molar-refractivity contribution < 1.29 is 5.11 Å². The highest BCUT2D eigenvalue weighted by Crippen LogP contribution is 2.30. The summed E-state index contributed by atoms with van der Waals surface area (Å²) < 4.78 is 0. The van der Waals surface area contributed by atoms with Crippen LogP contribution < -0.4 is 0 Å². The van der Waals surface area contributed by atoms with Gasteiger partial charge in [0.15, 0.2) is 5.82 Å². The average Bonchev–Trinajstić information content (AvgIpc) is 2.76. The van der Waals surface area contributed by atoms with Crippen LogP contribution in [0.1, 0.15) is 30.2 Å². The SMILES string of the molecule is O[C@@H](c1ccccn1)C1CCN(Cc2cnc(-c3ccccc3)nc2)CC1. The van der Waals surface area contributed by atoms with Gasteiger partial charge in [0.2, 0.25) is 0 Å². The first kappa shape index (κ1) is 17.8. The molecule has 4 rings (SSSR count). The first-order chi connectivity index (χ1) is 13.3. The fourth-order valence-corrected chi connectivity index (χ4v) is 3.65. The maximum absolute atomic E-state index is 10.6. The molecule has 2 aromatic heterocycles. The zero-order valence-electron chi connectivity index (χ0n) is 15.3. The zero-order chi connectivity index (χ0) is 18.5. The highest BCUT2D eigenvalue weighted by atomic mass is 16.3. The molecule has 0 bridgehead atoms. The summed E-state index contributed by atoms with van der Waals surface area (Å²) in [6.45, 7) is 2.78. The highest BCUT2D eigenvalue weighted by molar-refractivity contribution is 5.53. The Hall–Kier alpha value is -2.63. The summed E-state index contributed by atoms with van der Waals surface area (Å²) in [6, 6.07) is 15.7. The lowest BCUT2D eigenvalue weighted by atomic mass is 9.89. The fourth-order valence-electron chi connectivity index (χ4n) is 3.65. The first-order valence-electron chi connectivity index (χ1n) is 9.47. The van der Waals surface area contributed by atoms with Gasteiger partial charge in [-0.05, 0) is 44.0 Å². The Morgan fingerprint density at radius 3 is 2.30 bits per heavy atom.